The molecule has 0 bridgehead atoms. The van der Waals surface area contributed by atoms with Crippen LogP contribution in [0.2, 0.25) is 0 Å². The van der Waals surface area contributed by atoms with Crippen LogP contribution in [0, 0.1) is 0 Å². The van der Waals surface area contributed by atoms with E-state index in [0.29, 0.717) is 0 Å². The van der Waals surface area contributed by atoms with Crippen LogP contribution >= 0.6 is 12.4 Å². The van der Waals surface area contributed by atoms with Crippen LogP contribution in [0.5, 0.6) is 0 Å². The van der Waals surface area contributed by atoms with Gasteiger partial charge in [0, 0.05) is 45.1 Å². The first-order valence-corrected chi connectivity index (χ1v) is 4.77. The molecule has 1 aliphatic rings. The van der Waals surface area contributed by atoms with E-state index in [-0.39, 0.29) is 12.4 Å². The Balaban J connectivity index is 0.000000980. The molecule has 1 aliphatic heterocycles. The molecule has 0 unspecified atom stereocenters. The largest absolute Gasteiger partial charge is 0.314 e. The summed E-state index contributed by atoms with van der Waals surface area (Å²) in [6.45, 7) is 5.60. The van der Waals surface area contributed by atoms with Crippen LogP contribution < -0.4 is 5.32 Å². The van der Waals surface area contributed by atoms with E-state index in [1.165, 1.54) is 5.56 Å². The number of hydrogen-bond donors (Lipinski definition) is 1. The van der Waals surface area contributed by atoms with Gasteiger partial charge in [0.05, 0.1) is 0 Å². The van der Waals surface area contributed by atoms with Crippen LogP contribution in [0.4, 0.5) is 0 Å². The minimum atomic E-state index is 0. The smallest absolute Gasteiger partial charge is 0.0271 e. The third kappa shape index (κ3) is 3.25. The second-order valence-corrected chi connectivity index (χ2v) is 3.38. The second-order valence-electron chi connectivity index (χ2n) is 3.38. The molecule has 0 atom stereocenters. The standard InChI is InChI=1S/C10H15N3.ClH/c1-3-11-4-2-10(1)9-13-7-5-12-6-8-13;/h1-4,12H,5-9H2;1H. The highest BCUT2D eigenvalue weighted by atomic mass is 35.5. The van der Waals surface area contributed by atoms with Gasteiger partial charge in [-0.25, -0.2) is 0 Å². The number of halogens is 1. The first kappa shape index (κ1) is 11.4. The zero-order chi connectivity index (χ0) is 8.93. The van der Waals surface area contributed by atoms with E-state index in [2.05, 4.69) is 27.3 Å². The molecule has 1 saturated heterocycles. The van der Waals surface area contributed by atoms with Gasteiger partial charge in [-0.2, -0.15) is 0 Å². The summed E-state index contributed by atoms with van der Waals surface area (Å²) in [5.41, 5.74) is 1.36. The Kier molecular flexibility index (Phi) is 4.87. The van der Waals surface area contributed by atoms with E-state index in [1.54, 1.807) is 0 Å². The quantitative estimate of drug-likeness (QED) is 0.792. The summed E-state index contributed by atoms with van der Waals surface area (Å²) in [6.07, 6.45) is 3.72. The monoisotopic (exact) mass is 213 g/mol. The number of hydrogen-bond acceptors (Lipinski definition) is 3. The first-order valence-electron chi connectivity index (χ1n) is 4.77. The van der Waals surface area contributed by atoms with Crippen molar-refractivity contribution in [3.05, 3.63) is 30.1 Å². The molecule has 2 rings (SSSR count). The Morgan fingerprint density at radius 2 is 1.86 bits per heavy atom. The maximum atomic E-state index is 4.01. The van der Waals surface area contributed by atoms with E-state index in [1.807, 2.05) is 12.4 Å². The van der Waals surface area contributed by atoms with Crippen molar-refractivity contribution in [3.8, 4) is 0 Å². The van der Waals surface area contributed by atoms with Gasteiger partial charge < -0.3 is 5.32 Å². The van der Waals surface area contributed by atoms with Crippen LogP contribution in [0.1, 0.15) is 5.56 Å². The average Bonchev–Trinajstić information content (AvgIpc) is 2.21. The molecule has 14 heavy (non-hydrogen) atoms. The fourth-order valence-corrected chi connectivity index (χ4v) is 1.62. The lowest BCUT2D eigenvalue weighted by atomic mass is 10.2. The third-order valence-corrected chi connectivity index (χ3v) is 2.37. The SMILES string of the molecule is Cl.c1cc(CN2CCNCC2)ccn1. The summed E-state index contributed by atoms with van der Waals surface area (Å²) in [5.74, 6) is 0. The molecule has 2 heterocycles. The van der Waals surface area contributed by atoms with E-state index in [4.69, 9.17) is 0 Å². The first-order chi connectivity index (χ1) is 6.45. The number of rotatable bonds is 2. The van der Waals surface area contributed by atoms with Gasteiger partial charge in [-0.15, -0.1) is 12.4 Å². The summed E-state index contributed by atoms with van der Waals surface area (Å²) in [5, 5.41) is 3.35. The van der Waals surface area contributed by atoms with Gasteiger partial charge in [0.1, 0.15) is 0 Å². The van der Waals surface area contributed by atoms with Crippen molar-refractivity contribution in [2.45, 2.75) is 6.54 Å². The van der Waals surface area contributed by atoms with Crippen molar-refractivity contribution < 1.29 is 0 Å². The normalized spacial score (nSPS) is 17.4. The highest BCUT2D eigenvalue weighted by molar-refractivity contribution is 5.85. The van der Waals surface area contributed by atoms with E-state index in [0.717, 1.165) is 32.7 Å². The van der Waals surface area contributed by atoms with Crippen molar-refractivity contribution >= 4 is 12.4 Å². The molecule has 1 aromatic rings. The van der Waals surface area contributed by atoms with Crippen molar-refractivity contribution in [1.29, 1.82) is 0 Å². The van der Waals surface area contributed by atoms with Crippen molar-refractivity contribution in [2.75, 3.05) is 26.2 Å². The lowest BCUT2D eigenvalue weighted by molar-refractivity contribution is 0.233. The maximum Gasteiger partial charge on any atom is 0.0271 e. The number of pyridine rings is 1. The van der Waals surface area contributed by atoms with Crippen molar-refractivity contribution in [2.24, 2.45) is 0 Å². The Labute approximate surface area is 90.9 Å². The molecule has 0 radical (unpaired) electrons. The summed E-state index contributed by atoms with van der Waals surface area (Å²) in [7, 11) is 0. The molecule has 1 N–H and O–H groups in total. The second kappa shape index (κ2) is 5.96. The minimum absolute atomic E-state index is 0. The lowest BCUT2D eigenvalue weighted by Gasteiger charge is -2.27. The molecule has 4 heteroatoms. The van der Waals surface area contributed by atoms with Crippen LogP contribution in [-0.4, -0.2) is 36.1 Å². The highest BCUT2D eigenvalue weighted by Gasteiger charge is 2.08. The molecule has 3 nitrogen and oxygen atoms in total. The van der Waals surface area contributed by atoms with Crippen LogP contribution in [0.15, 0.2) is 24.5 Å². The van der Waals surface area contributed by atoms with E-state index < -0.39 is 0 Å². The highest BCUT2D eigenvalue weighted by Crippen LogP contribution is 2.03. The zero-order valence-corrected chi connectivity index (χ0v) is 8.96. The van der Waals surface area contributed by atoms with Gasteiger partial charge in [0.2, 0.25) is 0 Å². The molecular formula is C10H16ClN3. The number of nitrogens with zero attached hydrogens (tertiary/aromatic N) is 2. The minimum Gasteiger partial charge on any atom is -0.314 e. The van der Waals surface area contributed by atoms with Crippen molar-refractivity contribution in [1.82, 2.24) is 15.2 Å². The van der Waals surface area contributed by atoms with Gasteiger partial charge in [-0.1, -0.05) is 0 Å². The molecule has 0 saturated carbocycles. The molecule has 1 fully saturated rings. The Hall–Kier alpha value is -0.640. The average molecular weight is 214 g/mol. The van der Waals surface area contributed by atoms with E-state index in [9.17, 15) is 0 Å². The number of aromatic nitrogens is 1. The summed E-state index contributed by atoms with van der Waals surface area (Å²) in [4.78, 5) is 6.47. The summed E-state index contributed by atoms with van der Waals surface area (Å²) < 4.78 is 0. The molecule has 1 aromatic heterocycles. The predicted octanol–water partition coefficient (Wildman–Crippen LogP) is 0.909. The van der Waals surface area contributed by atoms with Gasteiger partial charge in [0.25, 0.3) is 0 Å². The molecule has 0 amide bonds. The lowest BCUT2D eigenvalue weighted by Crippen LogP contribution is -2.42. The Morgan fingerprint density at radius 1 is 1.21 bits per heavy atom. The molecular weight excluding hydrogens is 198 g/mol. The number of nitrogens with one attached hydrogen (secondary N) is 1. The van der Waals surface area contributed by atoms with Gasteiger partial charge in [-0.05, 0) is 17.7 Å². The van der Waals surface area contributed by atoms with E-state index >= 15 is 0 Å². The van der Waals surface area contributed by atoms with Crippen LogP contribution in [0.25, 0.3) is 0 Å². The predicted molar refractivity (Wildman–Crippen MR) is 59.6 cm³/mol. The molecule has 0 spiro atoms. The number of piperazine rings is 1. The summed E-state index contributed by atoms with van der Waals surface area (Å²) >= 11 is 0. The van der Waals surface area contributed by atoms with Gasteiger partial charge in [0.15, 0.2) is 0 Å². The zero-order valence-electron chi connectivity index (χ0n) is 8.15. The Bertz CT molecular complexity index is 247. The Morgan fingerprint density at radius 3 is 2.50 bits per heavy atom. The summed E-state index contributed by atoms with van der Waals surface area (Å²) in [6, 6.07) is 4.17. The van der Waals surface area contributed by atoms with Crippen LogP contribution in [-0.2, 0) is 6.54 Å². The van der Waals surface area contributed by atoms with Gasteiger partial charge in [-0.3, -0.25) is 9.88 Å². The molecule has 0 aromatic carbocycles. The maximum absolute atomic E-state index is 4.01. The van der Waals surface area contributed by atoms with Crippen LogP contribution in [0.3, 0.4) is 0 Å². The molecule has 0 aliphatic carbocycles. The third-order valence-electron chi connectivity index (χ3n) is 2.37. The van der Waals surface area contributed by atoms with Crippen molar-refractivity contribution in [3.63, 3.8) is 0 Å². The molecule has 78 valence electrons. The fourth-order valence-electron chi connectivity index (χ4n) is 1.62. The van der Waals surface area contributed by atoms with Gasteiger partial charge >= 0.3 is 0 Å². The topological polar surface area (TPSA) is 28.2 Å². The fraction of sp³-hybridized carbons (Fsp3) is 0.500.